The van der Waals surface area contributed by atoms with Gasteiger partial charge >= 0.3 is 0 Å². The molecular weight excluding hydrogens is 378 g/mol. The van der Waals surface area contributed by atoms with Crippen molar-refractivity contribution in [3.8, 4) is 0 Å². The van der Waals surface area contributed by atoms with Crippen LogP contribution >= 0.6 is 11.6 Å². The molecule has 0 spiro atoms. The molecule has 2 heterocycles. The van der Waals surface area contributed by atoms with E-state index in [0.717, 1.165) is 5.56 Å². The van der Waals surface area contributed by atoms with E-state index < -0.39 is 5.92 Å². The van der Waals surface area contributed by atoms with E-state index in [1.165, 1.54) is 6.26 Å². The average molecular weight is 394 g/mol. The Labute approximate surface area is 166 Å². The zero-order chi connectivity index (χ0) is 19.5. The third-order valence-corrected chi connectivity index (χ3v) is 4.65. The number of hydrogen-bond acceptors (Lipinski definition) is 4. The predicted octanol–water partition coefficient (Wildman–Crippen LogP) is 3.70. The normalized spacial score (nSPS) is 17.8. The second-order valence-corrected chi connectivity index (χ2v) is 6.83. The zero-order valence-electron chi connectivity index (χ0n) is 14.8. The zero-order valence-corrected chi connectivity index (χ0v) is 15.5. The summed E-state index contributed by atoms with van der Waals surface area (Å²) in [4.78, 5) is 35.3. The Kier molecular flexibility index (Phi) is 5.04. The topological polar surface area (TPSA) is 75.2 Å². The molecule has 0 N–H and O–H groups in total. The van der Waals surface area contributed by atoms with Crippen LogP contribution in [0.3, 0.4) is 0 Å². The van der Waals surface area contributed by atoms with E-state index in [2.05, 4.69) is 9.98 Å². The molecule has 1 aliphatic carbocycles. The Balaban J connectivity index is 1.60. The summed E-state index contributed by atoms with van der Waals surface area (Å²) in [5, 5.41) is 0.615. The van der Waals surface area contributed by atoms with E-state index in [9.17, 15) is 9.59 Å². The van der Waals surface area contributed by atoms with Gasteiger partial charge in [-0.15, -0.1) is 0 Å². The van der Waals surface area contributed by atoms with Crippen LogP contribution in [-0.2, 0) is 11.3 Å². The van der Waals surface area contributed by atoms with Crippen LogP contribution in [0.5, 0.6) is 0 Å². The molecule has 0 fully saturated rings. The summed E-state index contributed by atoms with van der Waals surface area (Å²) < 4.78 is 5.25. The first-order valence-corrected chi connectivity index (χ1v) is 9.10. The molecule has 1 aromatic heterocycles. The van der Waals surface area contributed by atoms with Gasteiger partial charge in [0.15, 0.2) is 11.6 Å². The second kappa shape index (κ2) is 7.78. The first-order chi connectivity index (χ1) is 13.6. The van der Waals surface area contributed by atoms with Gasteiger partial charge in [0.05, 0.1) is 18.5 Å². The van der Waals surface area contributed by atoms with Gasteiger partial charge in [-0.05, 0) is 35.9 Å². The van der Waals surface area contributed by atoms with Gasteiger partial charge in [0.2, 0.25) is 0 Å². The number of allylic oxidation sites excluding steroid dienone is 3. The number of hydrogen-bond donors (Lipinski definition) is 0. The molecule has 4 rings (SSSR count). The highest BCUT2D eigenvalue weighted by atomic mass is 35.5. The number of nitrogens with zero attached hydrogens (tertiary/aromatic N) is 3. The number of benzene rings is 1. The molecule has 1 aliphatic heterocycles. The molecule has 0 saturated heterocycles. The van der Waals surface area contributed by atoms with Crippen LogP contribution in [0.2, 0.25) is 5.02 Å². The number of amides is 2. The van der Waals surface area contributed by atoms with Gasteiger partial charge in [0, 0.05) is 11.6 Å². The smallest absolute Gasteiger partial charge is 0.290 e. The lowest BCUT2D eigenvalue weighted by Crippen LogP contribution is -2.37. The lowest BCUT2D eigenvalue weighted by molar-refractivity contribution is -0.118. The van der Waals surface area contributed by atoms with E-state index in [1.807, 2.05) is 18.2 Å². The number of carbonyl (C=O) groups is 2. The monoisotopic (exact) mass is 393 g/mol. The van der Waals surface area contributed by atoms with Crippen molar-refractivity contribution in [3.63, 3.8) is 0 Å². The van der Waals surface area contributed by atoms with E-state index in [0.29, 0.717) is 23.1 Å². The third kappa shape index (κ3) is 3.87. The summed E-state index contributed by atoms with van der Waals surface area (Å²) in [5.74, 6) is -0.527. The van der Waals surface area contributed by atoms with Crippen molar-refractivity contribution in [3.05, 3.63) is 83.3 Å². The highest BCUT2D eigenvalue weighted by Gasteiger charge is 2.28. The Bertz CT molecular complexity index is 1020. The standard InChI is InChI=1S/C21H16ClN3O3/c22-15-9-7-14(8-10-15)12-25(21(27)18-6-3-11-28-18)13-19-23-17-5-2-1-4-16(17)20(26)24-19/h1-11,16H,12-13H2. The molecule has 140 valence electrons. The fourth-order valence-electron chi connectivity index (χ4n) is 3.03. The van der Waals surface area contributed by atoms with Crippen LogP contribution in [0.4, 0.5) is 0 Å². The van der Waals surface area contributed by atoms with Gasteiger partial charge in [-0.1, -0.05) is 42.0 Å². The molecule has 1 aromatic carbocycles. The van der Waals surface area contributed by atoms with Crippen molar-refractivity contribution in [2.24, 2.45) is 15.9 Å². The molecule has 0 saturated carbocycles. The molecule has 1 unspecified atom stereocenters. The summed E-state index contributed by atoms with van der Waals surface area (Å²) in [7, 11) is 0. The molecule has 0 bridgehead atoms. The Morgan fingerprint density at radius 3 is 2.68 bits per heavy atom. The molecule has 7 heteroatoms. The highest BCUT2D eigenvalue weighted by molar-refractivity contribution is 6.30. The third-order valence-electron chi connectivity index (χ3n) is 4.40. The van der Waals surface area contributed by atoms with E-state index in [1.54, 1.807) is 47.4 Å². The summed E-state index contributed by atoms with van der Waals surface area (Å²) >= 11 is 5.95. The van der Waals surface area contributed by atoms with Crippen LogP contribution in [-0.4, -0.2) is 34.8 Å². The van der Waals surface area contributed by atoms with E-state index in [4.69, 9.17) is 16.0 Å². The van der Waals surface area contributed by atoms with Gasteiger partial charge in [-0.25, -0.2) is 4.99 Å². The van der Waals surface area contributed by atoms with Crippen molar-refractivity contribution in [1.29, 1.82) is 0 Å². The maximum absolute atomic E-state index is 12.9. The van der Waals surface area contributed by atoms with Gasteiger partial charge < -0.3 is 9.32 Å². The van der Waals surface area contributed by atoms with Gasteiger partial charge in [0.1, 0.15) is 5.92 Å². The van der Waals surface area contributed by atoms with Crippen LogP contribution in [0.1, 0.15) is 16.1 Å². The molecule has 2 amide bonds. The van der Waals surface area contributed by atoms with Crippen molar-refractivity contribution in [2.75, 3.05) is 6.54 Å². The lowest BCUT2D eigenvalue weighted by atomic mass is 9.96. The molecule has 28 heavy (non-hydrogen) atoms. The molecule has 6 nitrogen and oxygen atoms in total. The van der Waals surface area contributed by atoms with Gasteiger partial charge in [-0.2, -0.15) is 4.99 Å². The summed E-state index contributed by atoms with van der Waals surface area (Å²) in [6.45, 7) is 0.385. The average Bonchev–Trinajstić information content (AvgIpc) is 3.23. The van der Waals surface area contributed by atoms with Gasteiger partial charge in [-0.3, -0.25) is 9.59 Å². The number of amidine groups is 1. The first-order valence-electron chi connectivity index (χ1n) is 8.72. The number of fused-ring (bicyclic) bond motifs is 1. The fraction of sp³-hybridized carbons (Fsp3) is 0.143. The predicted molar refractivity (Wildman–Crippen MR) is 107 cm³/mol. The molecule has 0 radical (unpaired) electrons. The van der Waals surface area contributed by atoms with Crippen molar-refractivity contribution < 1.29 is 14.0 Å². The quantitative estimate of drug-likeness (QED) is 0.777. The molecular formula is C21H16ClN3O3. The first kappa shape index (κ1) is 18.1. The maximum atomic E-state index is 12.9. The number of rotatable bonds is 5. The minimum atomic E-state index is -0.445. The molecule has 2 aromatic rings. The minimum absolute atomic E-state index is 0.0850. The van der Waals surface area contributed by atoms with Crippen LogP contribution in [0.25, 0.3) is 0 Å². The van der Waals surface area contributed by atoms with Crippen molar-refractivity contribution in [2.45, 2.75) is 6.54 Å². The summed E-state index contributed by atoms with van der Waals surface area (Å²) in [6.07, 6.45) is 8.62. The minimum Gasteiger partial charge on any atom is -0.459 e. The summed E-state index contributed by atoms with van der Waals surface area (Å²) in [5.41, 5.74) is 1.52. The highest BCUT2D eigenvalue weighted by Crippen LogP contribution is 2.18. The Morgan fingerprint density at radius 1 is 1.11 bits per heavy atom. The Hall–Kier alpha value is -3.25. The van der Waals surface area contributed by atoms with Crippen LogP contribution in [0.15, 0.2) is 81.4 Å². The maximum Gasteiger partial charge on any atom is 0.290 e. The molecule has 1 atom stereocenters. The van der Waals surface area contributed by atoms with Crippen molar-refractivity contribution in [1.82, 2.24) is 4.90 Å². The number of halogens is 1. The van der Waals surface area contributed by atoms with E-state index in [-0.39, 0.29) is 24.1 Å². The van der Waals surface area contributed by atoms with Crippen LogP contribution < -0.4 is 0 Å². The SMILES string of the molecule is O=C1N=C(CN(Cc2ccc(Cl)cc2)C(=O)c2ccco2)N=C2C=CC=CC12. The fourth-order valence-corrected chi connectivity index (χ4v) is 3.15. The molecule has 2 aliphatic rings. The van der Waals surface area contributed by atoms with E-state index >= 15 is 0 Å². The summed E-state index contributed by atoms with van der Waals surface area (Å²) in [6, 6.07) is 10.5. The largest absolute Gasteiger partial charge is 0.459 e. The van der Waals surface area contributed by atoms with Crippen molar-refractivity contribution >= 4 is 35.0 Å². The number of aliphatic imine (C=N–C) groups is 2. The van der Waals surface area contributed by atoms with Crippen LogP contribution in [0, 0.1) is 5.92 Å². The second-order valence-electron chi connectivity index (χ2n) is 6.39. The Morgan fingerprint density at radius 2 is 1.93 bits per heavy atom. The van der Waals surface area contributed by atoms with Gasteiger partial charge in [0.25, 0.3) is 11.8 Å². The number of carbonyl (C=O) groups excluding carboxylic acids is 2. The lowest BCUT2D eigenvalue weighted by Gasteiger charge is -2.24. The number of furan rings is 1.